The second-order valence-electron chi connectivity index (χ2n) is 5.18. The van der Waals surface area contributed by atoms with Gasteiger partial charge in [-0.3, -0.25) is 0 Å². The van der Waals surface area contributed by atoms with Gasteiger partial charge >= 0.3 is 5.97 Å². The maximum absolute atomic E-state index is 14.1. The maximum Gasteiger partial charge on any atom is 0.330 e. The van der Waals surface area contributed by atoms with Crippen molar-refractivity contribution in [2.45, 2.75) is 13.5 Å². The molecule has 4 nitrogen and oxygen atoms in total. The summed E-state index contributed by atoms with van der Waals surface area (Å²) < 4.78 is 24.5. The van der Waals surface area contributed by atoms with Crippen molar-refractivity contribution in [1.82, 2.24) is 0 Å². The third-order valence-electron chi connectivity index (χ3n) is 3.42. The van der Waals surface area contributed by atoms with Crippen molar-refractivity contribution in [2.75, 3.05) is 13.2 Å². The van der Waals surface area contributed by atoms with E-state index < -0.39 is 5.97 Å². The van der Waals surface area contributed by atoms with Crippen LogP contribution in [0.5, 0.6) is 5.75 Å². The van der Waals surface area contributed by atoms with Crippen LogP contribution in [-0.4, -0.2) is 24.3 Å². The first-order valence-electron chi connectivity index (χ1n) is 7.47. The lowest BCUT2D eigenvalue weighted by Gasteiger charge is -2.13. The number of esters is 1. The summed E-state index contributed by atoms with van der Waals surface area (Å²) in [7, 11) is 0. The number of aryl methyl sites for hydroxylation is 1. The van der Waals surface area contributed by atoms with Gasteiger partial charge in [0.25, 0.3) is 0 Å². The average Bonchev–Trinajstić information content (AvgIpc) is 2.58. The van der Waals surface area contributed by atoms with Crippen LogP contribution < -0.4 is 4.74 Å². The topological polar surface area (TPSA) is 55.8 Å². The van der Waals surface area contributed by atoms with Crippen LogP contribution in [-0.2, 0) is 16.1 Å². The predicted octanol–water partition coefficient (Wildman–Crippen LogP) is 3.40. The fourth-order valence-electron chi connectivity index (χ4n) is 2.19. The summed E-state index contributed by atoms with van der Waals surface area (Å²) in [5, 5.41) is 9.40. The van der Waals surface area contributed by atoms with E-state index in [-0.39, 0.29) is 25.6 Å². The Hall–Kier alpha value is -2.66. The summed E-state index contributed by atoms with van der Waals surface area (Å²) in [6.07, 6.45) is 1.07. The lowest BCUT2D eigenvalue weighted by Crippen LogP contribution is -2.11. The summed E-state index contributed by atoms with van der Waals surface area (Å²) in [6.45, 7) is 5.08. The van der Waals surface area contributed by atoms with Crippen LogP contribution in [0.4, 0.5) is 4.39 Å². The van der Waals surface area contributed by atoms with Crippen LogP contribution in [0.25, 0.3) is 11.1 Å². The number of carbonyl (C=O) groups excluding carboxylic acids is 1. The van der Waals surface area contributed by atoms with E-state index in [0.29, 0.717) is 22.4 Å². The van der Waals surface area contributed by atoms with Gasteiger partial charge in [-0.1, -0.05) is 30.8 Å². The minimum absolute atomic E-state index is 0.0544. The number of hydrogen-bond donors (Lipinski definition) is 1. The minimum Gasteiger partial charge on any atom is -0.490 e. The molecule has 0 aliphatic heterocycles. The van der Waals surface area contributed by atoms with E-state index in [1.165, 1.54) is 6.07 Å². The molecule has 0 spiro atoms. The Morgan fingerprint density at radius 3 is 2.71 bits per heavy atom. The van der Waals surface area contributed by atoms with E-state index in [4.69, 9.17) is 9.47 Å². The second kappa shape index (κ2) is 8.26. The van der Waals surface area contributed by atoms with Gasteiger partial charge < -0.3 is 14.6 Å². The van der Waals surface area contributed by atoms with Crippen LogP contribution in [0.2, 0.25) is 0 Å². The Morgan fingerprint density at radius 1 is 1.25 bits per heavy atom. The van der Waals surface area contributed by atoms with E-state index in [1.54, 1.807) is 24.3 Å². The van der Waals surface area contributed by atoms with Gasteiger partial charge in [-0.15, -0.1) is 0 Å². The highest BCUT2D eigenvalue weighted by Crippen LogP contribution is 2.29. The molecule has 2 rings (SSSR count). The average molecular weight is 330 g/mol. The largest absolute Gasteiger partial charge is 0.490 e. The molecule has 0 bridgehead atoms. The standard InChI is InChI=1S/C19H19FO4/c1-3-19(22)24-9-8-23-18-11-14(5-6-15(18)12-21)16-7-4-13(2)10-17(16)20/h3-7,10-11,21H,1,8-9,12H2,2H3. The van der Waals surface area contributed by atoms with E-state index in [2.05, 4.69) is 6.58 Å². The molecule has 0 aliphatic rings. The molecule has 0 unspecified atom stereocenters. The lowest BCUT2D eigenvalue weighted by atomic mass is 10.0. The van der Waals surface area contributed by atoms with Gasteiger partial charge in [-0.05, 0) is 30.2 Å². The maximum atomic E-state index is 14.1. The van der Waals surface area contributed by atoms with Gasteiger partial charge in [-0.2, -0.15) is 0 Å². The Morgan fingerprint density at radius 2 is 2.04 bits per heavy atom. The molecule has 0 amide bonds. The monoisotopic (exact) mass is 330 g/mol. The van der Waals surface area contributed by atoms with Crippen molar-refractivity contribution < 1.29 is 23.8 Å². The highest BCUT2D eigenvalue weighted by atomic mass is 19.1. The van der Waals surface area contributed by atoms with Gasteiger partial charge in [0.2, 0.25) is 0 Å². The van der Waals surface area contributed by atoms with Crippen LogP contribution >= 0.6 is 0 Å². The molecule has 0 radical (unpaired) electrons. The molecule has 0 aromatic heterocycles. The van der Waals surface area contributed by atoms with Crippen molar-refractivity contribution in [2.24, 2.45) is 0 Å². The second-order valence-corrected chi connectivity index (χ2v) is 5.18. The molecule has 2 aromatic carbocycles. The Labute approximate surface area is 140 Å². The van der Waals surface area contributed by atoms with Crippen LogP contribution in [0.15, 0.2) is 49.1 Å². The van der Waals surface area contributed by atoms with Crippen molar-refractivity contribution in [1.29, 1.82) is 0 Å². The summed E-state index contributed by atoms with van der Waals surface area (Å²) in [5.41, 5.74) is 2.50. The first-order chi connectivity index (χ1) is 11.5. The van der Waals surface area contributed by atoms with Crippen LogP contribution in [0.3, 0.4) is 0 Å². The Bertz CT molecular complexity index is 740. The molecule has 24 heavy (non-hydrogen) atoms. The molecule has 0 atom stereocenters. The molecule has 0 aliphatic carbocycles. The molecular formula is C19H19FO4. The molecule has 5 heteroatoms. The number of benzene rings is 2. The van der Waals surface area contributed by atoms with Gasteiger partial charge in [-0.25, -0.2) is 9.18 Å². The summed E-state index contributed by atoms with van der Waals surface area (Å²) >= 11 is 0. The highest BCUT2D eigenvalue weighted by molar-refractivity contribution is 5.81. The Kier molecular flexibility index (Phi) is 6.09. The zero-order chi connectivity index (χ0) is 17.5. The summed E-state index contributed by atoms with van der Waals surface area (Å²) in [4.78, 5) is 11.0. The highest BCUT2D eigenvalue weighted by Gasteiger charge is 2.10. The van der Waals surface area contributed by atoms with Crippen molar-refractivity contribution in [3.8, 4) is 16.9 Å². The molecule has 0 saturated heterocycles. The molecule has 0 fully saturated rings. The quantitative estimate of drug-likeness (QED) is 0.480. The molecular weight excluding hydrogens is 311 g/mol. The summed E-state index contributed by atoms with van der Waals surface area (Å²) in [6, 6.07) is 10.1. The lowest BCUT2D eigenvalue weighted by molar-refractivity contribution is -0.138. The zero-order valence-electron chi connectivity index (χ0n) is 13.4. The number of halogens is 1. The van der Waals surface area contributed by atoms with Gasteiger partial charge in [0, 0.05) is 17.2 Å². The normalized spacial score (nSPS) is 10.3. The fraction of sp³-hybridized carbons (Fsp3) is 0.211. The number of rotatable bonds is 7. The Balaban J connectivity index is 2.17. The molecule has 126 valence electrons. The molecule has 0 saturated carbocycles. The summed E-state index contributed by atoms with van der Waals surface area (Å²) in [5.74, 6) is -0.432. The first-order valence-corrected chi connectivity index (χ1v) is 7.47. The fourth-order valence-corrected chi connectivity index (χ4v) is 2.19. The SMILES string of the molecule is C=CC(=O)OCCOc1cc(-c2ccc(C)cc2F)ccc1CO. The van der Waals surface area contributed by atoms with E-state index >= 15 is 0 Å². The minimum atomic E-state index is -0.531. The number of aliphatic hydroxyl groups is 1. The zero-order valence-corrected chi connectivity index (χ0v) is 13.4. The van der Waals surface area contributed by atoms with Crippen LogP contribution in [0, 0.1) is 12.7 Å². The third-order valence-corrected chi connectivity index (χ3v) is 3.42. The van der Waals surface area contributed by atoms with Crippen LogP contribution in [0.1, 0.15) is 11.1 Å². The van der Waals surface area contributed by atoms with E-state index in [9.17, 15) is 14.3 Å². The van der Waals surface area contributed by atoms with Crippen molar-refractivity contribution >= 4 is 5.97 Å². The number of ether oxygens (including phenoxy) is 2. The number of hydrogen-bond acceptors (Lipinski definition) is 4. The number of aliphatic hydroxyl groups excluding tert-OH is 1. The van der Waals surface area contributed by atoms with Gasteiger partial charge in [0.15, 0.2) is 0 Å². The molecule has 1 N–H and O–H groups in total. The molecule has 2 aromatic rings. The van der Waals surface area contributed by atoms with E-state index in [0.717, 1.165) is 11.6 Å². The van der Waals surface area contributed by atoms with Gasteiger partial charge in [0.1, 0.15) is 24.8 Å². The van der Waals surface area contributed by atoms with Crippen molar-refractivity contribution in [3.63, 3.8) is 0 Å². The third kappa shape index (κ3) is 4.43. The smallest absolute Gasteiger partial charge is 0.330 e. The van der Waals surface area contributed by atoms with E-state index in [1.807, 2.05) is 13.0 Å². The number of carbonyl (C=O) groups is 1. The first kappa shape index (κ1) is 17.7. The predicted molar refractivity (Wildman–Crippen MR) is 89.1 cm³/mol. The van der Waals surface area contributed by atoms with Gasteiger partial charge in [0.05, 0.1) is 6.61 Å². The molecule has 0 heterocycles. The van der Waals surface area contributed by atoms with Crippen molar-refractivity contribution in [3.05, 3.63) is 66.0 Å².